The maximum absolute atomic E-state index is 13.0. The zero-order chi connectivity index (χ0) is 19.0. The second-order valence-corrected chi connectivity index (χ2v) is 9.44. The van der Waals surface area contributed by atoms with Crippen LogP contribution in [0.15, 0.2) is 36.5 Å². The number of pyridine rings is 1. The van der Waals surface area contributed by atoms with Crippen LogP contribution in [0.4, 0.5) is 5.69 Å². The second-order valence-electron chi connectivity index (χ2n) is 5.12. The van der Waals surface area contributed by atoms with Crippen molar-refractivity contribution >= 4 is 119 Å². The molecule has 9 heteroatoms. The van der Waals surface area contributed by atoms with E-state index < -0.39 is 11.9 Å². The Labute approximate surface area is 203 Å². The van der Waals surface area contributed by atoms with Crippen LogP contribution in [0.2, 0.25) is 0 Å². The van der Waals surface area contributed by atoms with Gasteiger partial charge in [0.15, 0.2) is 0 Å². The highest BCUT2D eigenvalue weighted by Crippen LogP contribution is 2.33. The van der Waals surface area contributed by atoms with E-state index in [2.05, 4.69) is 55.5 Å². The smallest absolute Gasteiger partial charge is 0.257 e. The first-order chi connectivity index (χ1) is 12.3. The number of carboxylic acid groups (broad SMARTS) is 1. The van der Waals surface area contributed by atoms with Crippen molar-refractivity contribution in [3.63, 3.8) is 0 Å². The summed E-state index contributed by atoms with van der Waals surface area (Å²) in [5.41, 5.74) is 1.34. The molecule has 0 bridgehead atoms. The van der Waals surface area contributed by atoms with Crippen molar-refractivity contribution in [2.75, 3.05) is 5.32 Å². The van der Waals surface area contributed by atoms with Gasteiger partial charge in [-0.1, -0.05) is 6.07 Å². The van der Waals surface area contributed by atoms with Crippen molar-refractivity contribution in [3.05, 3.63) is 61.9 Å². The number of nitrogens with one attached hydrogen (secondary N) is 1. The third-order valence-corrected chi connectivity index (χ3v) is 11.0. The predicted molar refractivity (Wildman–Crippen MR) is 131 cm³/mol. The lowest BCUT2D eigenvalue weighted by Gasteiger charge is -2.18. The third kappa shape index (κ3) is 3.80. The van der Waals surface area contributed by atoms with E-state index in [0.29, 0.717) is 12.8 Å². The summed E-state index contributed by atoms with van der Waals surface area (Å²) in [5, 5.41) is 15.3. The number of hydrogen-bond donors (Lipinski definition) is 1. The average Bonchev–Trinajstić information content (AvgIpc) is 2.62. The van der Waals surface area contributed by atoms with Gasteiger partial charge in [-0.05, 0) is 115 Å². The molecule has 0 aliphatic heterocycles. The molecule has 3 rings (SSSR count). The fraction of sp³-hybridized carbons (Fsp3) is 0. The number of hydrogen-bond acceptors (Lipinski definition) is 4. The van der Waals surface area contributed by atoms with Crippen LogP contribution in [-0.2, 0) is 0 Å². The number of aromatic nitrogens is 1. The summed E-state index contributed by atoms with van der Waals surface area (Å²) in [6.45, 7) is 0. The van der Waals surface area contributed by atoms with E-state index in [0.717, 1.165) is 18.0 Å². The summed E-state index contributed by atoms with van der Waals surface area (Å²) in [7, 11) is 0. The van der Waals surface area contributed by atoms with Crippen molar-refractivity contribution in [2.24, 2.45) is 0 Å². The van der Waals surface area contributed by atoms with Crippen molar-refractivity contribution < 1.29 is 14.7 Å². The van der Waals surface area contributed by atoms with Gasteiger partial charge in [0.2, 0.25) is 0 Å². The molecule has 0 radical (unpaired) electrons. The van der Waals surface area contributed by atoms with Gasteiger partial charge in [0.1, 0.15) is 0 Å². The molecular weight excluding hydrogens is 788 g/mol. The summed E-state index contributed by atoms with van der Waals surface area (Å²) < 4.78 is 2.71. The number of carbonyl (C=O) groups excluding carboxylic acids is 2. The Balaban J connectivity index is 2.15. The molecule has 3 aromatic rings. The lowest BCUT2D eigenvalue weighted by atomic mass is 10.1. The molecule has 0 spiro atoms. The molecule has 1 amide bonds. The van der Waals surface area contributed by atoms with E-state index in [9.17, 15) is 14.7 Å². The van der Waals surface area contributed by atoms with Gasteiger partial charge in [0.25, 0.3) is 5.91 Å². The second kappa shape index (κ2) is 8.38. The number of benzene rings is 2. The number of nitrogens with zero attached hydrogens (tertiary/aromatic N) is 1. The van der Waals surface area contributed by atoms with Crippen LogP contribution >= 0.6 is 90.4 Å². The quantitative estimate of drug-likeness (QED) is 0.244. The number of carbonyl (C=O) groups is 2. The van der Waals surface area contributed by atoms with Crippen LogP contribution in [-0.4, -0.2) is 16.9 Å². The predicted octanol–water partition coefficient (Wildman–Crippen LogP) is 4.27. The molecule has 0 fully saturated rings. The van der Waals surface area contributed by atoms with Crippen LogP contribution in [0.25, 0.3) is 10.9 Å². The van der Waals surface area contributed by atoms with Crippen molar-refractivity contribution in [2.45, 2.75) is 0 Å². The number of amides is 1. The van der Waals surface area contributed by atoms with Crippen molar-refractivity contribution in [1.29, 1.82) is 0 Å². The maximum atomic E-state index is 13.0. The molecule has 0 saturated heterocycles. The van der Waals surface area contributed by atoms with E-state index in [1.54, 1.807) is 24.4 Å². The van der Waals surface area contributed by atoms with Crippen LogP contribution in [0.5, 0.6) is 0 Å². The Kier molecular flexibility index (Phi) is 6.59. The van der Waals surface area contributed by atoms with E-state index in [4.69, 9.17) is 0 Å². The van der Waals surface area contributed by atoms with Gasteiger partial charge >= 0.3 is 0 Å². The number of aromatic carboxylic acids is 1. The lowest BCUT2D eigenvalue weighted by Crippen LogP contribution is -2.29. The van der Waals surface area contributed by atoms with E-state index >= 15 is 0 Å². The first-order valence-electron chi connectivity index (χ1n) is 7.05. The number of carboxylic acids is 1. The SMILES string of the molecule is O=C([O-])c1c(I)c(I)c(I)c(I)c1C(=O)Nc1cccc2ncccc12. The summed E-state index contributed by atoms with van der Waals surface area (Å²) in [6, 6.07) is 9.03. The van der Waals surface area contributed by atoms with Gasteiger partial charge in [0.05, 0.1) is 22.7 Å². The first kappa shape index (κ1) is 20.4. The van der Waals surface area contributed by atoms with Crippen LogP contribution in [0.3, 0.4) is 0 Å². The fourth-order valence-electron chi connectivity index (χ4n) is 2.43. The normalized spacial score (nSPS) is 10.8. The number of fused-ring (bicyclic) bond motifs is 1. The summed E-state index contributed by atoms with van der Waals surface area (Å²) in [6.07, 6.45) is 1.68. The van der Waals surface area contributed by atoms with E-state index in [1.807, 2.05) is 57.3 Å². The highest BCUT2D eigenvalue weighted by atomic mass is 127. The van der Waals surface area contributed by atoms with Gasteiger partial charge in [-0.2, -0.15) is 0 Å². The summed E-state index contributed by atoms with van der Waals surface area (Å²) >= 11 is 8.14. The molecule has 0 atom stereocenters. The number of halogens is 4. The molecule has 1 heterocycles. The molecule has 1 N–H and O–H groups in total. The highest BCUT2D eigenvalue weighted by Gasteiger charge is 2.24. The fourth-order valence-corrected chi connectivity index (χ4v) is 6.09. The standard InChI is InChI=1S/C17H8I4N2O3/c18-12-10(11(17(25)26)13(19)15(21)14(12)20)16(24)23-9-5-1-4-8-7(9)3-2-6-22-8/h1-6H,(H,23,24)(H,25,26)/p-1. The van der Waals surface area contributed by atoms with E-state index in [1.165, 1.54) is 0 Å². The first-order valence-corrected chi connectivity index (χ1v) is 11.4. The Bertz CT molecular complexity index is 1060. The summed E-state index contributed by atoms with van der Waals surface area (Å²) in [4.78, 5) is 29.0. The van der Waals surface area contributed by atoms with Crippen molar-refractivity contribution in [1.82, 2.24) is 4.98 Å². The minimum Gasteiger partial charge on any atom is -0.545 e. The molecule has 0 aliphatic rings. The Morgan fingerprint density at radius 3 is 2.19 bits per heavy atom. The Hall–Kier alpha value is -0.290. The molecule has 2 aromatic carbocycles. The molecule has 26 heavy (non-hydrogen) atoms. The van der Waals surface area contributed by atoms with Gasteiger partial charge in [-0.15, -0.1) is 0 Å². The minimum atomic E-state index is -1.37. The number of anilines is 1. The van der Waals surface area contributed by atoms with Crippen LogP contribution in [0.1, 0.15) is 20.7 Å². The molecular formula is C17H7I4N2O3-. The number of rotatable bonds is 3. The Morgan fingerprint density at radius 1 is 0.885 bits per heavy atom. The lowest BCUT2D eigenvalue weighted by molar-refractivity contribution is -0.255. The zero-order valence-electron chi connectivity index (χ0n) is 12.6. The molecule has 5 nitrogen and oxygen atoms in total. The molecule has 0 aliphatic carbocycles. The average molecular weight is 795 g/mol. The minimum absolute atomic E-state index is 0.0873. The van der Waals surface area contributed by atoms with Gasteiger partial charge < -0.3 is 15.2 Å². The molecule has 0 saturated carbocycles. The molecule has 132 valence electrons. The highest BCUT2D eigenvalue weighted by molar-refractivity contribution is 14.1. The van der Waals surface area contributed by atoms with Gasteiger partial charge in [-0.3, -0.25) is 9.78 Å². The van der Waals surface area contributed by atoms with Crippen LogP contribution in [0, 0.1) is 14.3 Å². The third-order valence-electron chi connectivity index (χ3n) is 3.59. The molecule has 1 aromatic heterocycles. The van der Waals surface area contributed by atoms with Crippen molar-refractivity contribution in [3.8, 4) is 0 Å². The zero-order valence-corrected chi connectivity index (χ0v) is 21.3. The van der Waals surface area contributed by atoms with Gasteiger partial charge in [-0.25, -0.2) is 0 Å². The van der Waals surface area contributed by atoms with E-state index in [-0.39, 0.29) is 11.1 Å². The van der Waals surface area contributed by atoms with Crippen LogP contribution < -0.4 is 10.4 Å². The van der Waals surface area contributed by atoms with Gasteiger partial charge in [0, 0.05) is 31.4 Å². The Morgan fingerprint density at radius 2 is 1.54 bits per heavy atom. The monoisotopic (exact) mass is 795 g/mol. The maximum Gasteiger partial charge on any atom is 0.257 e. The molecule has 0 unspecified atom stereocenters. The summed E-state index contributed by atoms with van der Waals surface area (Å²) in [5.74, 6) is -1.86. The largest absolute Gasteiger partial charge is 0.545 e. The topological polar surface area (TPSA) is 82.1 Å².